The highest BCUT2D eigenvalue weighted by atomic mass is 32.2. The molecule has 2 fully saturated rings. The van der Waals surface area contributed by atoms with Crippen LogP contribution in [0.4, 0.5) is 5.69 Å². The maximum atomic E-state index is 12.8. The van der Waals surface area contributed by atoms with Crippen LogP contribution in [0.15, 0.2) is 17.0 Å². The Bertz CT molecular complexity index is 834. The number of ether oxygens (including phenoxy) is 1. The Hall–Kier alpha value is -2.13. The Morgan fingerprint density at radius 3 is 2.79 bits per heavy atom. The van der Waals surface area contributed by atoms with Crippen molar-refractivity contribution < 1.29 is 19.6 Å². The van der Waals surface area contributed by atoms with Gasteiger partial charge in [0, 0.05) is 18.2 Å². The maximum Gasteiger partial charge on any atom is 0.274 e. The molecule has 1 N–H and O–H groups in total. The van der Waals surface area contributed by atoms with Crippen LogP contribution in [0.2, 0.25) is 0 Å². The van der Waals surface area contributed by atoms with Crippen molar-refractivity contribution >= 4 is 46.0 Å². The van der Waals surface area contributed by atoms with Gasteiger partial charge >= 0.3 is 0 Å². The molecular weight excluding hydrogens is 400 g/mol. The summed E-state index contributed by atoms with van der Waals surface area (Å²) in [5, 5.41) is 21.6. The summed E-state index contributed by atoms with van der Waals surface area (Å²) in [5.41, 5.74) is -0.0573. The molecule has 1 aliphatic heterocycles. The average molecular weight is 423 g/mol. The minimum Gasteiger partial charge on any atom is -0.504 e. The van der Waals surface area contributed by atoms with Gasteiger partial charge in [-0.1, -0.05) is 49.7 Å². The average Bonchev–Trinajstić information content (AvgIpc) is 3.25. The molecule has 28 heavy (non-hydrogen) atoms. The third-order valence-corrected chi connectivity index (χ3v) is 6.37. The number of carbonyl (C=O) groups is 1. The van der Waals surface area contributed by atoms with Crippen molar-refractivity contribution in [3.05, 3.63) is 32.7 Å². The number of nitrogens with zero attached hydrogens (tertiary/aromatic N) is 2. The third-order valence-electron chi connectivity index (χ3n) is 5.00. The van der Waals surface area contributed by atoms with Crippen LogP contribution in [0.1, 0.15) is 44.6 Å². The van der Waals surface area contributed by atoms with Crippen molar-refractivity contribution in [3.8, 4) is 11.5 Å². The third kappa shape index (κ3) is 4.47. The van der Waals surface area contributed by atoms with Gasteiger partial charge in [0.2, 0.25) is 0 Å². The molecule has 1 saturated carbocycles. The normalized spacial score (nSPS) is 19.0. The standard InChI is InChI=1S/C19H22N2O5S2/c1-2-26-15-11-14(21(24)25)9-13(17(15)22)10-16-18(23)20(19(27)28-16)8-7-12-5-3-4-6-12/h9-12,22H,2-8H2,1H3/b16-10-. The zero-order valence-electron chi connectivity index (χ0n) is 15.6. The van der Waals surface area contributed by atoms with Gasteiger partial charge in [0.15, 0.2) is 11.5 Å². The highest BCUT2D eigenvalue weighted by molar-refractivity contribution is 8.26. The van der Waals surface area contributed by atoms with Crippen molar-refractivity contribution in [1.29, 1.82) is 0 Å². The first-order valence-electron chi connectivity index (χ1n) is 9.30. The molecule has 9 heteroatoms. The smallest absolute Gasteiger partial charge is 0.274 e. The molecule has 0 unspecified atom stereocenters. The molecule has 1 aromatic carbocycles. The number of phenolic OH excluding ortho intramolecular Hbond substituents is 1. The van der Waals surface area contributed by atoms with E-state index in [4.69, 9.17) is 17.0 Å². The van der Waals surface area contributed by atoms with Crippen LogP contribution >= 0.6 is 24.0 Å². The van der Waals surface area contributed by atoms with E-state index in [1.54, 1.807) is 11.8 Å². The van der Waals surface area contributed by atoms with Gasteiger partial charge in [-0.15, -0.1) is 0 Å². The van der Waals surface area contributed by atoms with Crippen LogP contribution in [-0.4, -0.2) is 38.3 Å². The number of phenols is 1. The molecule has 1 aliphatic carbocycles. The highest BCUT2D eigenvalue weighted by Gasteiger charge is 2.33. The Balaban J connectivity index is 1.83. The molecule has 3 rings (SSSR count). The van der Waals surface area contributed by atoms with Crippen LogP contribution in [0, 0.1) is 16.0 Å². The Labute approximate surface area is 172 Å². The summed E-state index contributed by atoms with van der Waals surface area (Å²) in [6.45, 7) is 2.54. The molecule has 0 radical (unpaired) electrons. The molecule has 1 heterocycles. The molecule has 1 amide bonds. The number of non-ortho nitro benzene ring substituents is 1. The number of hydrogen-bond acceptors (Lipinski definition) is 7. The summed E-state index contributed by atoms with van der Waals surface area (Å²) in [7, 11) is 0. The quantitative estimate of drug-likeness (QED) is 0.300. The van der Waals surface area contributed by atoms with Crippen LogP contribution in [-0.2, 0) is 4.79 Å². The van der Waals surface area contributed by atoms with Gasteiger partial charge in [-0.2, -0.15) is 0 Å². The minimum absolute atomic E-state index is 0.0136. The van der Waals surface area contributed by atoms with E-state index >= 15 is 0 Å². The van der Waals surface area contributed by atoms with E-state index in [0.29, 0.717) is 21.7 Å². The predicted molar refractivity (Wildman–Crippen MR) is 112 cm³/mol. The summed E-state index contributed by atoms with van der Waals surface area (Å²) in [6.07, 6.45) is 7.27. The van der Waals surface area contributed by atoms with Gasteiger partial charge in [0.25, 0.3) is 11.6 Å². The van der Waals surface area contributed by atoms with E-state index in [2.05, 4.69) is 0 Å². The number of amides is 1. The maximum absolute atomic E-state index is 12.8. The summed E-state index contributed by atoms with van der Waals surface area (Å²) in [6, 6.07) is 2.39. The van der Waals surface area contributed by atoms with Crippen LogP contribution in [0.25, 0.3) is 6.08 Å². The monoisotopic (exact) mass is 422 g/mol. The Morgan fingerprint density at radius 1 is 1.43 bits per heavy atom. The topological polar surface area (TPSA) is 92.9 Å². The number of carbonyl (C=O) groups excluding carboxylic acids is 1. The van der Waals surface area contributed by atoms with E-state index in [-0.39, 0.29) is 35.3 Å². The van der Waals surface area contributed by atoms with Crippen LogP contribution in [0.3, 0.4) is 0 Å². The number of rotatable bonds is 7. The van der Waals surface area contributed by atoms with E-state index in [0.717, 1.165) is 18.2 Å². The fourth-order valence-corrected chi connectivity index (χ4v) is 4.84. The van der Waals surface area contributed by atoms with Gasteiger partial charge in [-0.05, 0) is 25.3 Å². The van der Waals surface area contributed by atoms with E-state index in [9.17, 15) is 20.0 Å². The zero-order chi connectivity index (χ0) is 20.3. The molecule has 0 aromatic heterocycles. The summed E-state index contributed by atoms with van der Waals surface area (Å²) in [4.78, 5) is 25.3. The first-order chi connectivity index (χ1) is 13.4. The largest absolute Gasteiger partial charge is 0.504 e. The number of aromatic hydroxyl groups is 1. The molecular formula is C19H22N2O5S2. The van der Waals surface area contributed by atoms with Crippen molar-refractivity contribution in [1.82, 2.24) is 4.90 Å². The summed E-state index contributed by atoms with van der Waals surface area (Å²) >= 11 is 6.50. The lowest BCUT2D eigenvalue weighted by molar-refractivity contribution is -0.385. The van der Waals surface area contributed by atoms with Crippen molar-refractivity contribution in [2.24, 2.45) is 5.92 Å². The predicted octanol–water partition coefficient (Wildman–Crippen LogP) is 4.48. The molecule has 0 atom stereocenters. The second-order valence-corrected chi connectivity index (χ2v) is 8.52. The second-order valence-electron chi connectivity index (χ2n) is 6.84. The molecule has 1 aromatic rings. The zero-order valence-corrected chi connectivity index (χ0v) is 17.2. The number of nitro benzene ring substituents is 1. The first kappa shape index (κ1) is 20.6. The molecule has 150 valence electrons. The van der Waals surface area contributed by atoms with Crippen molar-refractivity contribution in [3.63, 3.8) is 0 Å². The van der Waals surface area contributed by atoms with Gasteiger partial charge in [-0.3, -0.25) is 19.8 Å². The van der Waals surface area contributed by atoms with E-state index in [1.165, 1.54) is 43.9 Å². The Kier molecular flexibility index (Phi) is 6.56. The Morgan fingerprint density at radius 2 is 2.14 bits per heavy atom. The van der Waals surface area contributed by atoms with Gasteiger partial charge in [0.1, 0.15) is 4.32 Å². The van der Waals surface area contributed by atoms with Crippen molar-refractivity contribution in [2.45, 2.75) is 39.0 Å². The number of hydrogen-bond donors (Lipinski definition) is 1. The molecule has 7 nitrogen and oxygen atoms in total. The number of nitro groups is 1. The molecule has 0 bridgehead atoms. The molecule has 0 spiro atoms. The van der Waals surface area contributed by atoms with Crippen molar-refractivity contribution in [2.75, 3.05) is 13.2 Å². The first-order valence-corrected chi connectivity index (χ1v) is 10.5. The lowest BCUT2D eigenvalue weighted by Crippen LogP contribution is -2.30. The fraction of sp³-hybridized carbons (Fsp3) is 0.474. The SMILES string of the molecule is CCOc1cc([N+](=O)[O-])cc(/C=C2\SC(=S)N(CCC3CCCC3)C2=O)c1O. The number of thioether (sulfide) groups is 1. The molecule has 2 aliphatic rings. The van der Waals surface area contributed by atoms with Gasteiger partial charge in [0.05, 0.1) is 22.5 Å². The summed E-state index contributed by atoms with van der Waals surface area (Å²) in [5.74, 6) is 0.198. The van der Waals surface area contributed by atoms with E-state index in [1.807, 2.05) is 0 Å². The number of benzene rings is 1. The fourth-order valence-electron chi connectivity index (χ4n) is 3.54. The summed E-state index contributed by atoms with van der Waals surface area (Å²) < 4.78 is 5.76. The van der Waals surface area contributed by atoms with Crippen LogP contribution in [0.5, 0.6) is 11.5 Å². The lowest BCUT2D eigenvalue weighted by atomic mass is 10.0. The lowest BCUT2D eigenvalue weighted by Gasteiger charge is -2.17. The highest BCUT2D eigenvalue weighted by Crippen LogP contribution is 2.40. The van der Waals surface area contributed by atoms with E-state index < -0.39 is 4.92 Å². The molecule has 1 saturated heterocycles. The van der Waals surface area contributed by atoms with Gasteiger partial charge in [-0.25, -0.2) is 0 Å². The van der Waals surface area contributed by atoms with Crippen LogP contribution < -0.4 is 4.74 Å². The second kappa shape index (κ2) is 8.91. The minimum atomic E-state index is -0.563. The van der Waals surface area contributed by atoms with Gasteiger partial charge < -0.3 is 9.84 Å². The number of thiocarbonyl (C=S) groups is 1.